The first-order valence-electron chi connectivity index (χ1n) is 21.0. The molecular weight excluding hydrogens is 745 g/mol. The number of hydrogen-bond acceptors (Lipinski definition) is 11. The Morgan fingerprint density at radius 2 is 1.81 bits per heavy atom. The van der Waals surface area contributed by atoms with Crippen LogP contribution in [-0.2, 0) is 19.1 Å². The van der Waals surface area contributed by atoms with Crippen molar-refractivity contribution in [1.82, 2.24) is 4.90 Å². The predicted octanol–water partition coefficient (Wildman–Crippen LogP) is 6.76. The molecule has 3 aliphatic carbocycles. The number of fused-ring (bicyclic) bond motifs is 2. The topological polar surface area (TPSA) is 140 Å². The van der Waals surface area contributed by atoms with Crippen molar-refractivity contribution in [2.45, 2.75) is 87.4 Å². The van der Waals surface area contributed by atoms with Crippen LogP contribution in [0.2, 0.25) is 0 Å². The number of rotatable bonds is 25. The third-order valence-electron chi connectivity index (χ3n) is 11.6. The molecule has 2 aromatic carbocycles. The fraction of sp³-hybridized carbons (Fsp3) is 0.600. The molecule has 6 rings (SSSR count). The lowest BCUT2D eigenvalue weighted by atomic mass is 9.55. The van der Waals surface area contributed by atoms with E-state index in [1.165, 1.54) is 4.90 Å². The Morgan fingerprint density at radius 1 is 1.02 bits per heavy atom. The number of ether oxygens (including phenoxy) is 4. The number of oxime groups is 1. The summed E-state index contributed by atoms with van der Waals surface area (Å²) in [6.45, 7) is 7.91. The van der Waals surface area contributed by atoms with Gasteiger partial charge in [-0.15, -0.1) is 18.3 Å². The number of carbonyl (C=O) groups is 1. The molecule has 4 aliphatic rings. The summed E-state index contributed by atoms with van der Waals surface area (Å²) in [6, 6.07) is 15.8. The van der Waals surface area contributed by atoms with Crippen LogP contribution in [0.25, 0.3) is 0 Å². The molecule has 2 saturated carbocycles. The normalized spacial score (nSPS) is 25.5. The number of amides is 1. The molecule has 6 atom stereocenters. The molecule has 12 heteroatoms. The van der Waals surface area contributed by atoms with E-state index in [1.54, 1.807) is 17.8 Å². The Labute approximate surface area is 342 Å². The third kappa shape index (κ3) is 10.4. The summed E-state index contributed by atoms with van der Waals surface area (Å²) >= 11 is 1.75. The molecular formula is C45H62N2O9S. The summed E-state index contributed by atoms with van der Waals surface area (Å²) in [5.74, 6) is 0.637. The number of benzene rings is 2. The lowest BCUT2D eigenvalue weighted by Crippen LogP contribution is -2.70. The van der Waals surface area contributed by atoms with Gasteiger partial charge in [0.2, 0.25) is 11.7 Å². The zero-order valence-corrected chi connectivity index (χ0v) is 34.3. The maximum absolute atomic E-state index is 14.4. The van der Waals surface area contributed by atoms with Crippen LogP contribution in [-0.4, -0.2) is 109 Å². The Balaban J connectivity index is 1.48. The molecule has 0 unspecified atom stereocenters. The van der Waals surface area contributed by atoms with E-state index in [2.05, 4.69) is 30.9 Å². The van der Waals surface area contributed by atoms with Gasteiger partial charge in [-0.25, -0.2) is 0 Å². The second kappa shape index (κ2) is 21.6. The van der Waals surface area contributed by atoms with E-state index in [-0.39, 0.29) is 75.1 Å². The molecule has 2 fully saturated rings. The van der Waals surface area contributed by atoms with E-state index >= 15 is 0 Å². The van der Waals surface area contributed by atoms with Gasteiger partial charge in [-0.3, -0.25) is 4.79 Å². The summed E-state index contributed by atoms with van der Waals surface area (Å²) in [7, 11) is 0. The van der Waals surface area contributed by atoms with Crippen LogP contribution in [0.4, 0.5) is 0 Å². The number of unbranched alkanes of at least 4 members (excludes halogenated alkanes) is 2. The monoisotopic (exact) mass is 806 g/mol. The van der Waals surface area contributed by atoms with E-state index < -0.39 is 11.8 Å². The van der Waals surface area contributed by atoms with E-state index in [1.807, 2.05) is 42.2 Å². The van der Waals surface area contributed by atoms with E-state index in [9.17, 15) is 20.1 Å². The molecule has 3 N–H and O–H groups in total. The number of nitrogens with zero attached hydrogens (tertiary/aromatic N) is 2. The highest BCUT2D eigenvalue weighted by Gasteiger charge is 2.65. The highest BCUT2D eigenvalue weighted by atomic mass is 32.2. The van der Waals surface area contributed by atoms with Crippen molar-refractivity contribution in [3.63, 3.8) is 0 Å². The smallest absolute Gasteiger partial charge is 0.239 e. The molecule has 2 aromatic rings. The Kier molecular flexibility index (Phi) is 16.3. The minimum Gasteiger partial charge on any atom is -0.493 e. The van der Waals surface area contributed by atoms with Gasteiger partial charge in [-0.2, -0.15) is 0 Å². The van der Waals surface area contributed by atoms with Crippen molar-refractivity contribution >= 4 is 23.4 Å². The highest BCUT2D eigenvalue weighted by molar-refractivity contribution is 7.99. The van der Waals surface area contributed by atoms with Crippen LogP contribution in [0.5, 0.6) is 11.5 Å². The van der Waals surface area contributed by atoms with Crippen LogP contribution in [0.3, 0.4) is 0 Å². The van der Waals surface area contributed by atoms with Gasteiger partial charge in [-0.05, 0) is 93.2 Å². The fourth-order valence-corrected chi connectivity index (χ4v) is 9.78. The van der Waals surface area contributed by atoms with E-state index in [4.69, 9.17) is 28.9 Å². The first-order valence-corrected chi connectivity index (χ1v) is 22.0. The van der Waals surface area contributed by atoms with Gasteiger partial charge < -0.3 is 44.0 Å². The van der Waals surface area contributed by atoms with E-state index in [0.717, 1.165) is 66.9 Å². The molecule has 1 heterocycles. The maximum atomic E-state index is 14.4. The summed E-state index contributed by atoms with van der Waals surface area (Å²) in [4.78, 5) is 23.3. The summed E-state index contributed by atoms with van der Waals surface area (Å²) in [5, 5.41) is 34.0. The van der Waals surface area contributed by atoms with Crippen LogP contribution < -0.4 is 9.47 Å². The third-order valence-corrected chi connectivity index (χ3v) is 12.6. The first kappa shape index (κ1) is 43.2. The lowest BCUT2D eigenvalue weighted by Gasteiger charge is -2.60. The highest BCUT2D eigenvalue weighted by Crippen LogP contribution is 2.62. The molecule has 0 bridgehead atoms. The van der Waals surface area contributed by atoms with Crippen LogP contribution in [0.1, 0.15) is 76.2 Å². The molecule has 11 nitrogen and oxygen atoms in total. The lowest BCUT2D eigenvalue weighted by molar-refractivity contribution is -0.258. The maximum Gasteiger partial charge on any atom is 0.239 e. The zero-order valence-electron chi connectivity index (χ0n) is 33.5. The van der Waals surface area contributed by atoms with Gasteiger partial charge in [0.05, 0.1) is 44.7 Å². The molecule has 57 heavy (non-hydrogen) atoms. The molecule has 1 aliphatic heterocycles. The van der Waals surface area contributed by atoms with Gasteiger partial charge >= 0.3 is 0 Å². The van der Waals surface area contributed by atoms with Gasteiger partial charge in [0.15, 0.2) is 0 Å². The summed E-state index contributed by atoms with van der Waals surface area (Å²) in [5.41, 5.74) is 2.81. The molecule has 0 saturated heterocycles. The number of aliphatic hydroxyl groups is 3. The standard InChI is InChI=1S/C45H62N2O9S/c1-3-24-54-45-41(47(20-25-52-26-23-50)44(51)32-16-17-32)31-39(46-55-4-2)37-29-33(12-8-10-21-48)36(15-9-11-22-49)42(43(37)45)38-30-34(18-19-40(38)56-45)53-27-28-57-35-13-6-5-7-14-35/h3,5-7,13-14,18-19,29-30,32-33,36,41-43,48-50H,1,4,8-12,15-17,20-28,31H2,2H3/t33-,36+,41-,42+,43+,45+/m0/s1. The largest absolute Gasteiger partial charge is 0.493 e. The molecule has 312 valence electrons. The summed E-state index contributed by atoms with van der Waals surface area (Å²) < 4.78 is 26.6. The first-order chi connectivity index (χ1) is 28.0. The average Bonchev–Trinajstić information content (AvgIpc) is 4.09. The molecule has 0 spiro atoms. The quantitative estimate of drug-likeness (QED) is 0.0427. The van der Waals surface area contributed by atoms with Crippen LogP contribution in [0.15, 0.2) is 82.9 Å². The minimum atomic E-state index is -1.32. The SMILES string of the molecule is C=CCO[C@@]12Oc3ccc(OCCSc4ccccc4)cc3[C@H]3[C@H](CCCCO)[C@@H](CCCCO)C=C(C(=NOCC)C[C@@H]1N(CCOCCO)C(=O)C1CC1)[C@H]32. The van der Waals surface area contributed by atoms with E-state index in [0.29, 0.717) is 44.8 Å². The fourth-order valence-electron chi connectivity index (χ4n) is 9.03. The van der Waals surface area contributed by atoms with Gasteiger partial charge in [0.25, 0.3) is 0 Å². The summed E-state index contributed by atoms with van der Waals surface area (Å²) in [6.07, 6.45) is 10.9. The van der Waals surface area contributed by atoms with Crippen molar-refractivity contribution < 1.29 is 43.9 Å². The van der Waals surface area contributed by atoms with Gasteiger partial charge in [0, 0.05) is 54.2 Å². The number of carbonyl (C=O) groups excluding carboxylic acids is 1. The molecule has 0 aromatic heterocycles. The second-order valence-corrected chi connectivity index (χ2v) is 16.5. The number of thioether (sulfide) groups is 1. The Morgan fingerprint density at radius 3 is 2.53 bits per heavy atom. The van der Waals surface area contributed by atoms with Crippen LogP contribution in [0, 0.1) is 23.7 Å². The molecule has 1 amide bonds. The minimum absolute atomic E-state index is 0.0395. The average molecular weight is 807 g/mol. The van der Waals surface area contributed by atoms with Crippen molar-refractivity contribution in [2.75, 3.05) is 65.2 Å². The Hall–Kier alpha value is -3.39. The Bertz CT molecular complexity index is 1650. The predicted molar refractivity (Wildman–Crippen MR) is 222 cm³/mol. The van der Waals surface area contributed by atoms with Crippen LogP contribution >= 0.6 is 11.8 Å². The van der Waals surface area contributed by atoms with Crippen molar-refractivity contribution in [3.8, 4) is 11.5 Å². The zero-order chi connectivity index (χ0) is 40.0. The number of hydrogen-bond donors (Lipinski definition) is 3. The number of allylic oxidation sites excluding steroid dienone is 1. The molecule has 0 radical (unpaired) electrons. The van der Waals surface area contributed by atoms with Crippen molar-refractivity contribution in [1.29, 1.82) is 0 Å². The second-order valence-electron chi connectivity index (χ2n) is 15.3. The van der Waals surface area contributed by atoms with Crippen molar-refractivity contribution in [2.24, 2.45) is 28.8 Å². The van der Waals surface area contributed by atoms with Gasteiger partial charge in [-0.1, -0.05) is 48.3 Å². The van der Waals surface area contributed by atoms with Gasteiger partial charge in [0.1, 0.15) is 24.1 Å². The number of aliphatic hydroxyl groups excluding tert-OH is 3. The van der Waals surface area contributed by atoms with Crippen molar-refractivity contribution in [3.05, 3.63) is 78.4 Å².